The molecule has 1 aromatic carbocycles. The molecule has 0 amide bonds. The van der Waals surface area contributed by atoms with Gasteiger partial charge in [-0.1, -0.05) is 0 Å². The summed E-state index contributed by atoms with van der Waals surface area (Å²) in [7, 11) is 0. The van der Waals surface area contributed by atoms with Crippen LogP contribution in [0.1, 0.15) is 12.0 Å². The predicted molar refractivity (Wildman–Crippen MR) is 79.5 cm³/mol. The molecule has 118 valence electrons. The van der Waals surface area contributed by atoms with Gasteiger partial charge in [-0.15, -0.1) is 0 Å². The number of nitrogen functional groups attached to an aromatic ring is 1. The number of aryl methyl sites for hydroxylation is 1. The first-order valence-corrected chi connectivity index (χ1v) is 6.21. The summed E-state index contributed by atoms with van der Waals surface area (Å²) in [6.07, 6.45) is -0.532. The number of hydrogen-bond acceptors (Lipinski definition) is 6. The Morgan fingerprint density at radius 2 is 1.91 bits per heavy atom. The van der Waals surface area contributed by atoms with Crippen LogP contribution in [0.25, 0.3) is 11.0 Å². The lowest BCUT2D eigenvalue weighted by molar-refractivity contribution is -0.144. The van der Waals surface area contributed by atoms with Crippen molar-refractivity contribution in [3.63, 3.8) is 0 Å². The van der Waals surface area contributed by atoms with Crippen molar-refractivity contribution < 1.29 is 24.2 Å². The Kier molecular flexibility index (Phi) is 5.65. The SMILES string of the molecule is Cc1cc(=O)oc2cc(N)ccc12.NC(CC(=O)O)C(=O)O. The number of fused-ring (bicyclic) bond motifs is 1. The first-order valence-electron chi connectivity index (χ1n) is 6.21. The summed E-state index contributed by atoms with van der Waals surface area (Å²) >= 11 is 0. The van der Waals surface area contributed by atoms with Gasteiger partial charge in [-0.3, -0.25) is 9.59 Å². The lowest BCUT2D eigenvalue weighted by Gasteiger charge is -2.00. The average Bonchev–Trinajstić information content (AvgIpc) is 2.37. The van der Waals surface area contributed by atoms with E-state index in [1.54, 1.807) is 12.1 Å². The zero-order valence-corrected chi connectivity index (χ0v) is 11.8. The molecule has 1 unspecified atom stereocenters. The highest BCUT2D eigenvalue weighted by Gasteiger charge is 2.14. The Morgan fingerprint density at radius 1 is 1.27 bits per heavy atom. The van der Waals surface area contributed by atoms with Crippen LogP contribution in [-0.2, 0) is 9.59 Å². The van der Waals surface area contributed by atoms with Gasteiger partial charge in [0.15, 0.2) is 0 Å². The minimum atomic E-state index is -1.29. The number of carboxylic acid groups (broad SMARTS) is 2. The number of carbonyl (C=O) groups is 2. The number of anilines is 1. The summed E-state index contributed by atoms with van der Waals surface area (Å²) in [6.45, 7) is 1.87. The first kappa shape index (κ1) is 17.2. The molecule has 8 nitrogen and oxygen atoms in total. The van der Waals surface area contributed by atoms with Crippen molar-refractivity contribution in [1.82, 2.24) is 0 Å². The molecule has 0 aliphatic carbocycles. The maximum absolute atomic E-state index is 11.0. The van der Waals surface area contributed by atoms with Gasteiger partial charge in [0.1, 0.15) is 11.6 Å². The van der Waals surface area contributed by atoms with Gasteiger partial charge in [0, 0.05) is 23.2 Å². The molecule has 0 aliphatic heterocycles. The monoisotopic (exact) mass is 308 g/mol. The van der Waals surface area contributed by atoms with Gasteiger partial charge in [-0.25, -0.2) is 4.79 Å². The lowest BCUT2D eigenvalue weighted by atomic mass is 10.1. The van der Waals surface area contributed by atoms with Crippen LogP contribution in [0.2, 0.25) is 0 Å². The minimum Gasteiger partial charge on any atom is -0.481 e. The molecule has 2 rings (SSSR count). The van der Waals surface area contributed by atoms with Gasteiger partial charge in [0.25, 0.3) is 0 Å². The highest BCUT2D eigenvalue weighted by molar-refractivity contribution is 5.82. The number of rotatable bonds is 3. The van der Waals surface area contributed by atoms with Crippen molar-refractivity contribution in [3.8, 4) is 0 Å². The summed E-state index contributed by atoms with van der Waals surface area (Å²) in [6, 6.07) is 5.48. The molecule has 0 saturated heterocycles. The van der Waals surface area contributed by atoms with Crippen LogP contribution >= 0.6 is 0 Å². The van der Waals surface area contributed by atoms with Gasteiger partial charge in [-0.2, -0.15) is 0 Å². The van der Waals surface area contributed by atoms with Gasteiger partial charge in [-0.05, 0) is 24.6 Å². The lowest BCUT2D eigenvalue weighted by Crippen LogP contribution is -2.32. The third-order valence-electron chi connectivity index (χ3n) is 2.69. The van der Waals surface area contributed by atoms with E-state index in [-0.39, 0.29) is 5.63 Å². The Morgan fingerprint density at radius 3 is 2.41 bits per heavy atom. The molecule has 0 spiro atoms. The second-order valence-corrected chi connectivity index (χ2v) is 4.55. The first-order chi connectivity index (χ1) is 10.2. The van der Waals surface area contributed by atoms with Crippen LogP contribution in [0.4, 0.5) is 5.69 Å². The summed E-state index contributed by atoms with van der Waals surface area (Å²) in [4.78, 5) is 30.6. The van der Waals surface area contributed by atoms with Crippen LogP contribution in [0.5, 0.6) is 0 Å². The Bertz CT molecular complexity index is 753. The summed E-state index contributed by atoms with van der Waals surface area (Å²) in [5, 5.41) is 17.0. The molecule has 22 heavy (non-hydrogen) atoms. The molecule has 0 radical (unpaired) electrons. The average molecular weight is 308 g/mol. The van der Waals surface area contributed by atoms with E-state index in [2.05, 4.69) is 0 Å². The van der Waals surface area contributed by atoms with E-state index in [4.69, 9.17) is 26.1 Å². The van der Waals surface area contributed by atoms with Gasteiger partial charge in [0.2, 0.25) is 0 Å². The van der Waals surface area contributed by atoms with E-state index >= 15 is 0 Å². The maximum atomic E-state index is 11.0. The fourth-order valence-corrected chi connectivity index (χ4v) is 1.62. The topological polar surface area (TPSA) is 157 Å². The van der Waals surface area contributed by atoms with Gasteiger partial charge < -0.3 is 26.1 Å². The fourth-order valence-electron chi connectivity index (χ4n) is 1.62. The van der Waals surface area contributed by atoms with E-state index in [0.29, 0.717) is 11.3 Å². The van der Waals surface area contributed by atoms with E-state index in [1.165, 1.54) is 6.07 Å². The summed E-state index contributed by atoms with van der Waals surface area (Å²) in [5.74, 6) is -2.50. The third kappa shape index (κ3) is 4.91. The zero-order valence-electron chi connectivity index (χ0n) is 11.8. The van der Waals surface area contributed by atoms with E-state index in [0.717, 1.165) is 10.9 Å². The molecule has 1 heterocycles. The van der Waals surface area contributed by atoms with Crippen molar-refractivity contribution in [3.05, 3.63) is 40.2 Å². The quantitative estimate of drug-likeness (QED) is 0.473. The van der Waals surface area contributed by atoms with Crippen molar-refractivity contribution in [2.24, 2.45) is 5.73 Å². The Balaban J connectivity index is 0.000000239. The van der Waals surface area contributed by atoms with Gasteiger partial charge in [0.05, 0.1) is 6.42 Å². The fraction of sp³-hybridized carbons (Fsp3) is 0.214. The van der Waals surface area contributed by atoms with Crippen molar-refractivity contribution in [1.29, 1.82) is 0 Å². The van der Waals surface area contributed by atoms with Crippen LogP contribution in [0.3, 0.4) is 0 Å². The van der Waals surface area contributed by atoms with Crippen LogP contribution in [-0.4, -0.2) is 28.2 Å². The van der Waals surface area contributed by atoms with Crippen LogP contribution in [0.15, 0.2) is 33.5 Å². The van der Waals surface area contributed by atoms with E-state index < -0.39 is 24.4 Å². The van der Waals surface area contributed by atoms with Gasteiger partial charge >= 0.3 is 17.6 Å². The zero-order chi connectivity index (χ0) is 16.9. The molecular weight excluding hydrogens is 292 g/mol. The second kappa shape index (κ2) is 7.23. The van der Waals surface area contributed by atoms with E-state index in [9.17, 15) is 14.4 Å². The molecular formula is C14H16N2O6. The molecule has 0 saturated carbocycles. The highest BCUT2D eigenvalue weighted by Crippen LogP contribution is 2.18. The number of carboxylic acids is 2. The number of benzene rings is 1. The molecule has 8 heteroatoms. The Hall–Kier alpha value is -2.87. The van der Waals surface area contributed by atoms with Crippen LogP contribution < -0.4 is 17.1 Å². The number of aliphatic carboxylic acids is 2. The third-order valence-corrected chi connectivity index (χ3v) is 2.69. The van der Waals surface area contributed by atoms with Crippen molar-refractivity contribution in [2.45, 2.75) is 19.4 Å². The largest absolute Gasteiger partial charge is 0.481 e. The van der Waals surface area contributed by atoms with E-state index in [1.807, 2.05) is 13.0 Å². The Labute approximate surface area is 125 Å². The second-order valence-electron chi connectivity index (χ2n) is 4.55. The smallest absolute Gasteiger partial charge is 0.336 e. The summed E-state index contributed by atoms with van der Waals surface area (Å²) in [5.41, 5.74) is 12.1. The minimum absolute atomic E-state index is 0.337. The molecule has 0 bridgehead atoms. The van der Waals surface area contributed by atoms with Crippen LogP contribution in [0, 0.1) is 6.92 Å². The van der Waals surface area contributed by atoms with Crippen molar-refractivity contribution in [2.75, 3.05) is 5.73 Å². The molecule has 1 aromatic heterocycles. The predicted octanol–water partition coefficient (Wildman–Crippen LogP) is 0.557. The standard InChI is InChI=1S/C10H9NO2.C4H7NO4/c1-6-4-10(12)13-9-5-7(11)2-3-8(6)9;5-2(4(8)9)1-3(6)7/h2-5H,11H2,1H3;2H,1,5H2,(H,6,7)(H,8,9). The number of nitrogens with two attached hydrogens (primary N) is 2. The summed E-state index contributed by atoms with van der Waals surface area (Å²) < 4.78 is 4.99. The van der Waals surface area contributed by atoms with Crippen molar-refractivity contribution >= 4 is 28.6 Å². The molecule has 0 fully saturated rings. The normalized spacial score (nSPS) is 11.4. The molecule has 0 aliphatic rings. The molecule has 6 N–H and O–H groups in total. The maximum Gasteiger partial charge on any atom is 0.336 e. The number of hydrogen-bond donors (Lipinski definition) is 4. The highest BCUT2D eigenvalue weighted by atomic mass is 16.4. The molecule has 1 atom stereocenters. The molecule has 2 aromatic rings.